The summed E-state index contributed by atoms with van der Waals surface area (Å²) in [5, 5.41) is 12.5. The second-order valence-electron chi connectivity index (χ2n) is 4.83. The Balaban J connectivity index is 1.66. The van der Waals surface area contributed by atoms with Crippen molar-refractivity contribution >= 4 is 28.8 Å². The maximum absolute atomic E-state index is 11.8. The minimum atomic E-state index is -0.771. The van der Waals surface area contributed by atoms with Gasteiger partial charge in [0.15, 0.2) is 0 Å². The van der Waals surface area contributed by atoms with E-state index >= 15 is 0 Å². The first-order valence-corrected chi connectivity index (χ1v) is 8.20. The van der Waals surface area contributed by atoms with Gasteiger partial charge < -0.3 is 19.9 Å². The molecule has 2 aromatic rings. The zero-order valence-electron chi connectivity index (χ0n) is 12.6. The number of carbonyl (C=O) groups is 1. The zero-order chi connectivity index (χ0) is 16.7. The molecule has 0 aliphatic rings. The van der Waals surface area contributed by atoms with E-state index in [1.165, 1.54) is 11.3 Å². The van der Waals surface area contributed by atoms with E-state index in [-0.39, 0.29) is 19.1 Å². The Morgan fingerprint density at radius 3 is 2.65 bits per heavy atom. The van der Waals surface area contributed by atoms with Gasteiger partial charge in [0, 0.05) is 6.54 Å². The van der Waals surface area contributed by atoms with Crippen LogP contribution in [0.4, 0.5) is 0 Å². The lowest BCUT2D eigenvalue weighted by molar-refractivity contribution is 0.0285. The van der Waals surface area contributed by atoms with Crippen LogP contribution < -0.4 is 10.1 Å². The van der Waals surface area contributed by atoms with Gasteiger partial charge in [0.25, 0.3) is 5.91 Å². The third-order valence-electron chi connectivity index (χ3n) is 3.03. The van der Waals surface area contributed by atoms with E-state index in [0.29, 0.717) is 15.8 Å². The third-order valence-corrected chi connectivity index (χ3v) is 4.26. The summed E-state index contributed by atoms with van der Waals surface area (Å²) < 4.78 is 11.1. The van der Waals surface area contributed by atoms with Crippen molar-refractivity contribution in [3.63, 3.8) is 0 Å². The number of amides is 1. The molecular weight excluding hydrogens is 338 g/mol. The molecule has 5 nitrogen and oxygen atoms in total. The summed E-state index contributed by atoms with van der Waals surface area (Å²) in [5.41, 5.74) is 0.982. The Morgan fingerprint density at radius 2 is 2.04 bits per heavy atom. The number of hydrogen-bond donors (Lipinski definition) is 2. The molecule has 0 radical (unpaired) electrons. The number of halogens is 1. The highest BCUT2D eigenvalue weighted by Gasteiger charge is 2.11. The molecule has 124 valence electrons. The number of benzene rings is 1. The Labute approximate surface area is 143 Å². The average Bonchev–Trinajstić information content (AvgIpc) is 3.00. The van der Waals surface area contributed by atoms with Gasteiger partial charge in [0.05, 0.1) is 35.6 Å². The van der Waals surface area contributed by atoms with E-state index in [4.69, 9.17) is 21.1 Å². The fourth-order valence-electron chi connectivity index (χ4n) is 1.83. The molecule has 2 N–H and O–H groups in total. The number of thiophene rings is 1. The van der Waals surface area contributed by atoms with Crippen LogP contribution >= 0.6 is 22.9 Å². The molecule has 1 aromatic heterocycles. The Hall–Kier alpha value is -1.60. The smallest absolute Gasteiger partial charge is 0.261 e. The summed E-state index contributed by atoms with van der Waals surface area (Å²) >= 11 is 6.97. The summed E-state index contributed by atoms with van der Waals surface area (Å²) in [6, 6.07) is 10.8. The van der Waals surface area contributed by atoms with Gasteiger partial charge in [-0.3, -0.25) is 4.79 Å². The maximum atomic E-state index is 11.8. The van der Waals surface area contributed by atoms with Gasteiger partial charge in [-0.1, -0.05) is 23.7 Å². The van der Waals surface area contributed by atoms with Crippen LogP contribution in [-0.4, -0.2) is 37.4 Å². The number of aliphatic hydroxyl groups is 1. The van der Waals surface area contributed by atoms with Crippen molar-refractivity contribution < 1.29 is 19.4 Å². The summed E-state index contributed by atoms with van der Waals surface area (Å²) in [4.78, 5) is 12.3. The fourth-order valence-corrected chi connectivity index (χ4v) is 2.79. The van der Waals surface area contributed by atoms with Crippen LogP contribution in [0.25, 0.3) is 0 Å². The highest BCUT2D eigenvalue weighted by atomic mass is 35.5. The van der Waals surface area contributed by atoms with Crippen LogP contribution in [0.3, 0.4) is 0 Å². The number of methoxy groups -OCH3 is 1. The Kier molecular flexibility index (Phi) is 6.85. The molecule has 1 unspecified atom stereocenters. The number of carbonyl (C=O) groups excluding carboxylic acids is 1. The third kappa shape index (κ3) is 5.84. The standard InChI is InChI=1S/C16H18ClNO4S/c1-21-13-4-2-11(3-5-13)9-22-10-12(19)8-18-16(20)14-6-7-15(17)23-14/h2-7,12,19H,8-10H2,1H3,(H,18,20). The van der Waals surface area contributed by atoms with Crippen LogP contribution in [0.2, 0.25) is 4.34 Å². The lowest BCUT2D eigenvalue weighted by Crippen LogP contribution is -2.34. The number of aliphatic hydroxyl groups excluding tert-OH is 1. The van der Waals surface area contributed by atoms with Crippen LogP contribution in [0.5, 0.6) is 5.75 Å². The SMILES string of the molecule is COc1ccc(COCC(O)CNC(=O)c2ccc(Cl)s2)cc1. The lowest BCUT2D eigenvalue weighted by atomic mass is 10.2. The summed E-state index contributed by atoms with van der Waals surface area (Å²) in [5.74, 6) is 0.529. The van der Waals surface area contributed by atoms with Crippen LogP contribution in [-0.2, 0) is 11.3 Å². The molecule has 1 heterocycles. The molecule has 0 saturated carbocycles. The predicted molar refractivity (Wildman–Crippen MR) is 90.3 cm³/mol. The van der Waals surface area contributed by atoms with Gasteiger partial charge in [0.2, 0.25) is 0 Å². The topological polar surface area (TPSA) is 67.8 Å². The van der Waals surface area contributed by atoms with Crippen molar-refractivity contribution in [2.45, 2.75) is 12.7 Å². The Morgan fingerprint density at radius 1 is 1.30 bits per heavy atom. The van der Waals surface area contributed by atoms with Crippen molar-refractivity contribution in [3.05, 3.63) is 51.2 Å². The maximum Gasteiger partial charge on any atom is 0.261 e. The van der Waals surface area contributed by atoms with Crippen molar-refractivity contribution in [2.75, 3.05) is 20.3 Å². The van der Waals surface area contributed by atoms with Crippen LogP contribution in [0.15, 0.2) is 36.4 Å². The largest absolute Gasteiger partial charge is 0.497 e. The molecule has 0 aliphatic carbocycles. The molecule has 1 amide bonds. The molecule has 1 aromatic carbocycles. The van der Waals surface area contributed by atoms with E-state index in [2.05, 4.69) is 5.32 Å². The molecular formula is C16H18ClNO4S. The van der Waals surface area contributed by atoms with E-state index < -0.39 is 6.10 Å². The van der Waals surface area contributed by atoms with E-state index in [0.717, 1.165) is 11.3 Å². The van der Waals surface area contributed by atoms with E-state index in [1.807, 2.05) is 24.3 Å². The first kappa shape index (κ1) is 17.7. The normalized spacial score (nSPS) is 12.0. The first-order valence-electron chi connectivity index (χ1n) is 7.00. The highest BCUT2D eigenvalue weighted by molar-refractivity contribution is 7.17. The van der Waals surface area contributed by atoms with Crippen molar-refractivity contribution in [2.24, 2.45) is 0 Å². The predicted octanol–water partition coefficient (Wildman–Crippen LogP) is 2.72. The quantitative estimate of drug-likeness (QED) is 0.764. The summed E-state index contributed by atoms with van der Waals surface area (Å²) in [7, 11) is 1.61. The second-order valence-corrected chi connectivity index (χ2v) is 6.55. The van der Waals surface area contributed by atoms with E-state index in [9.17, 15) is 9.90 Å². The average molecular weight is 356 g/mol. The molecule has 0 bridgehead atoms. The van der Waals surface area contributed by atoms with Gasteiger partial charge in [-0.2, -0.15) is 0 Å². The van der Waals surface area contributed by atoms with E-state index in [1.54, 1.807) is 19.2 Å². The van der Waals surface area contributed by atoms with Gasteiger partial charge in [0.1, 0.15) is 5.75 Å². The minimum Gasteiger partial charge on any atom is -0.497 e. The molecule has 0 aliphatic heterocycles. The van der Waals surface area contributed by atoms with Gasteiger partial charge in [-0.15, -0.1) is 11.3 Å². The van der Waals surface area contributed by atoms with Gasteiger partial charge in [-0.05, 0) is 29.8 Å². The molecule has 7 heteroatoms. The van der Waals surface area contributed by atoms with Crippen molar-refractivity contribution in [1.29, 1.82) is 0 Å². The molecule has 0 fully saturated rings. The molecule has 23 heavy (non-hydrogen) atoms. The zero-order valence-corrected chi connectivity index (χ0v) is 14.2. The fraction of sp³-hybridized carbons (Fsp3) is 0.312. The second kappa shape index (κ2) is 8.88. The summed E-state index contributed by atoms with van der Waals surface area (Å²) in [6.07, 6.45) is -0.771. The first-order chi connectivity index (χ1) is 11.1. The summed E-state index contributed by atoms with van der Waals surface area (Å²) in [6.45, 7) is 0.643. The Bertz CT molecular complexity index is 629. The van der Waals surface area contributed by atoms with Gasteiger partial charge >= 0.3 is 0 Å². The number of hydrogen-bond acceptors (Lipinski definition) is 5. The lowest BCUT2D eigenvalue weighted by Gasteiger charge is -2.12. The van der Waals surface area contributed by atoms with Crippen molar-refractivity contribution in [3.8, 4) is 5.75 Å². The van der Waals surface area contributed by atoms with Crippen molar-refractivity contribution in [1.82, 2.24) is 5.32 Å². The molecule has 2 rings (SSSR count). The highest BCUT2D eigenvalue weighted by Crippen LogP contribution is 2.21. The van der Waals surface area contributed by atoms with Gasteiger partial charge in [-0.25, -0.2) is 0 Å². The molecule has 1 atom stereocenters. The van der Waals surface area contributed by atoms with Crippen LogP contribution in [0.1, 0.15) is 15.2 Å². The van der Waals surface area contributed by atoms with Crippen LogP contribution in [0, 0.1) is 0 Å². The monoisotopic (exact) mass is 355 g/mol. The molecule has 0 saturated heterocycles. The minimum absolute atomic E-state index is 0.122. The number of rotatable bonds is 8. The molecule has 0 spiro atoms. The number of nitrogens with one attached hydrogen (secondary N) is 1. The number of ether oxygens (including phenoxy) is 2.